The van der Waals surface area contributed by atoms with Crippen LogP contribution in [0.15, 0.2) is 36.5 Å². The number of rotatable bonds is 10. The van der Waals surface area contributed by atoms with E-state index in [2.05, 4.69) is 39.9 Å². The molecule has 2 aliphatic rings. The van der Waals surface area contributed by atoms with E-state index >= 15 is 0 Å². The molecular weight excluding hydrogens is 440 g/mol. The lowest BCUT2D eigenvalue weighted by Crippen LogP contribution is -2.40. The molecule has 2 aliphatic heterocycles. The Labute approximate surface area is 196 Å². The van der Waals surface area contributed by atoms with Crippen LogP contribution in [-0.4, -0.2) is 32.2 Å². The molecule has 0 saturated carbocycles. The Bertz CT molecular complexity index is 1230. The molecule has 0 bridgehead atoms. The molecule has 5 rings (SSSR count). The van der Waals surface area contributed by atoms with Gasteiger partial charge in [0.05, 0.1) is 31.3 Å². The SMILES string of the molecule is COc1ccc2cc3[n+](cc2c1OCCCCCCO[N+](=O)[O-])CCc1cc2c(cc1-3)OCO2. The number of methoxy groups -OCH3 is 1. The van der Waals surface area contributed by atoms with Crippen molar-refractivity contribution in [2.75, 3.05) is 27.1 Å². The lowest BCUT2D eigenvalue weighted by molar-refractivity contribution is -0.757. The average molecular weight is 467 g/mol. The average Bonchev–Trinajstić information content (AvgIpc) is 3.30. The van der Waals surface area contributed by atoms with E-state index in [4.69, 9.17) is 18.9 Å². The lowest BCUT2D eigenvalue weighted by atomic mass is 9.95. The number of nitrogens with zero attached hydrogens (tertiary/aromatic N) is 2. The first-order valence-corrected chi connectivity index (χ1v) is 11.5. The number of pyridine rings is 1. The summed E-state index contributed by atoms with van der Waals surface area (Å²) in [5.41, 5.74) is 3.56. The van der Waals surface area contributed by atoms with Crippen molar-refractivity contribution in [3.63, 3.8) is 0 Å². The van der Waals surface area contributed by atoms with Crippen molar-refractivity contribution in [1.29, 1.82) is 0 Å². The highest BCUT2D eigenvalue weighted by Crippen LogP contribution is 2.41. The fourth-order valence-corrected chi connectivity index (χ4v) is 4.58. The van der Waals surface area contributed by atoms with Gasteiger partial charge in [-0.2, -0.15) is 4.57 Å². The third-order valence-corrected chi connectivity index (χ3v) is 6.28. The number of aryl methyl sites for hydroxylation is 2. The van der Waals surface area contributed by atoms with Crippen LogP contribution < -0.4 is 23.5 Å². The predicted molar refractivity (Wildman–Crippen MR) is 123 cm³/mol. The summed E-state index contributed by atoms with van der Waals surface area (Å²) in [7, 11) is 1.65. The third-order valence-electron chi connectivity index (χ3n) is 6.28. The second-order valence-corrected chi connectivity index (χ2v) is 8.38. The molecule has 0 radical (unpaired) electrons. The molecule has 9 heteroatoms. The molecule has 0 aliphatic carbocycles. The van der Waals surface area contributed by atoms with E-state index in [0.717, 1.165) is 71.5 Å². The highest BCUT2D eigenvalue weighted by atomic mass is 16.9. The summed E-state index contributed by atoms with van der Waals surface area (Å²) in [5.74, 6) is 3.05. The van der Waals surface area contributed by atoms with Gasteiger partial charge in [0.15, 0.2) is 35.7 Å². The molecule has 9 nitrogen and oxygen atoms in total. The Morgan fingerprint density at radius 1 is 1.06 bits per heavy atom. The van der Waals surface area contributed by atoms with E-state index in [0.29, 0.717) is 18.8 Å². The van der Waals surface area contributed by atoms with Gasteiger partial charge in [0.2, 0.25) is 12.5 Å². The first kappa shape index (κ1) is 22.1. The van der Waals surface area contributed by atoms with Gasteiger partial charge in [-0.1, -0.05) is 12.8 Å². The fraction of sp³-hybridized carbons (Fsp3) is 0.400. The summed E-state index contributed by atoms with van der Waals surface area (Å²) in [6.07, 6.45) is 6.32. The lowest BCUT2D eigenvalue weighted by Gasteiger charge is -2.18. The summed E-state index contributed by atoms with van der Waals surface area (Å²) in [4.78, 5) is 14.5. The molecule has 3 heterocycles. The van der Waals surface area contributed by atoms with Crippen molar-refractivity contribution < 1.29 is 33.4 Å². The number of fused-ring (bicyclic) bond motifs is 5. The minimum atomic E-state index is -0.750. The second-order valence-electron chi connectivity index (χ2n) is 8.38. The molecule has 1 aromatic heterocycles. The monoisotopic (exact) mass is 467 g/mol. The van der Waals surface area contributed by atoms with E-state index in [1.807, 2.05) is 6.07 Å². The summed E-state index contributed by atoms with van der Waals surface area (Å²) < 4.78 is 25.2. The summed E-state index contributed by atoms with van der Waals surface area (Å²) in [6.45, 7) is 1.81. The minimum absolute atomic E-state index is 0.137. The molecule has 0 N–H and O–H groups in total. The Morgan fingerprint density at radius 3 is 2.65 bits per heavy atom. The van der Waals surface area contributed by atoms with E-state index in [1.54, 1.807) is 7.11 Å². The smallest absolute Gasteiger partial charge is 0.294 e. The number of hydrogen-bond donors (Lipinski definition) is 0. The quantitative estimate of drug-likeness (QED) is 0.191. The van der Waals surface area contributed by atoms with Crippen LogP contribution >= 0.6 is 0 Å². The Morgan fingerprint density at radius 2 is 1.85 bits per heavy atom. The molecule has 0 saturated heterocycles. The molecule has 0 spiro atoms. The number of aromatic nitrogens is 1. The largest absolute Gasteiger partial charge is 0.493 e. The van der Waals surface area contributed by atoms with Crippen LogP contribution in [0.1, 0.15) is 31.2 Å². The second kappa shape index (κ2) is 9.62. The van der Waals surface area contributed by atoms with Gasteiger partial charge in [-0.25, -0.2) is 0 Å². The van der Waals surface area contributed by atoms with Crippen molar-refractivity contribution >= 4 is 10.8 Å². The standard InChI is InChI=1S/C25H27N2O7/c1-30-22-7-6-17-12-21-19-14-24-23(32-16-33-24)13-18(19)8-9-26(21)15-20(17)25(22)31-10-4-2-3-5-11-34-27(28)29/h6-7,12-15H,2-5,8-11,16H2,1H3/q+1. The number of hydrogen-bond acceptors (Lipinski definition) is 7. The maximum absolute atomic E-state index is 10.2. The molecule has 0 fully saturated rings. The topological polar surface area (TPSA) is 93.2 Å². The highest BCUT2D eigenvalue weighted by Gasteiger charge is 2.28. The molecule has 34 heavy (non-hydrogen) atoms. The molecule has 178 valence electrons. The van der Waals surface area contributed by atoms with Crippen LogP contribution in [0.25, 0.3) is 22.0 Å². The molecular formula is C25H27N2O7+. The van der Waals surface area contributed by atoms with Crippen molar-refractivity contribution in [1.82, 2.24) is 0 Å². The number of unbranched alkanes of at least 4 members (excludes halogenated alkanes) is 3. The maximum atomic E-state index is 10.2. The number of ether oxygens (including phenoxy) is 4. The van der Waals surface area contributed by atoms with Gasteiger partial charge in [0, 0.05) is 12.5 Å². The van der Waals surface area contributed by atoms with Crippen molar-refractivity contribution in [2.24, 2.45) is 0 Å². The van der Waals surface area contributed by atoms with Crippen molar-refractivity contribution in [3.8, 4) is 34.3 Å². The fourth-order valence-electron chi connectivity index (χ4n) is 4.58. The van der Waals surface area contributed by atoms with Gasteiger partial charge in [0.1, 0.15) is 0 Å². The Kier molecular flexibility index (Phi) is 6.24. The molecule has 0 amide bonds. The molecule has 3 aromatic rings. The highest BCUT2D eigenvalue weighted by molar-refractivity contribution is 5.91. The van der Waals surface area contributed by atoms with Gasteiger partial charge in [-0.05, 0) is 48.1 Å². The summed E-state index contributed by atoms with van der Waals surface area (Å²) >= 11 is 0. The van der Waals surface area contributed by atoms with Crippen LogP contribution in [0.4, 0.5) is 0 Å². The summed E-state index contributed by atoms with van der Waals surface area (Å²) in [5, 5.41) is 11.5. The van der Waals surface area contributed by atoms with Gasteiger partial charge in [-0.3, -0.25) is 0 Å². The van der Waals surface area contributed by atoms with E-state index in [-0.39, 0.29) is 13.4 Å². The van der Waals surface area contributed by atoms with Gasteiger partial charge in [-0.15, -0.1) is 10.1 Å². The van der Waals surface area contributed by atoms with Crippen LogP contribution in [0.2, 0.25) is 0 Å². The Balaban J connectivity index is 1.35. The van der Waals surface area contributed by atoms with Crippen LogP contribution in [0.3, 0.4) is 0 Å². The van der Waals surface area contributed by atoms with Crippen molar-refractivity contribution in [2.45, 2.75) is 38.6 Å². The zero-order valence-electron chi connectivity index (χ0n) is 19.1. The third kappa shape index (κ3) is 4.37. The van der Waals surface area contributed by atoms with E-state index in [9.17, 15) is 10.1 Å². The van der Waals surface area contributed by atoms with Gasteiger partial charge < -0.3 is 23.8 Å². The van der Waals surface area contributed by atoms with Gasteiger partial charge in [0.25, 0.3) is 5.09 Å². The number of benzene rings is 2. The van der Waals surface area contributed by atoms with Gasteiger partial charge >= 0.3 is 0 Å². The maximum Gasteiger partial charge on any atom is 0.294 e. The van der Waals surface area contributed by atoms with Crippen LogP contribution in [0, 0.1) is 10.1 Å². The zero-order valence-corrected chi connectivity index (χ0v) is 19.1. The van der Waals surface area contributed by atoms with E-state index < -0.39 is 5.09 Å². The first-order chi connectivity index (χ1) is 16.6. The van der Waals surface area contributed by atoms with Crippen LogP contribution in [-0.2, 0) is 17.8 Å². The predicted octanol–water partition coefficient (Wildman–Crippen LogP) is 4.24. The van der Waals surface area contributed by atoms with E-state index in [1.165, 1.54) is 5.56 Å². The molecule has 2 aromatic carbocycles. The molecule has 0 atom stereocenters. The van der Waals surface area contributed by atoms with Crippen LogP contribution in [0.5, 0.6) is 23.0 Å². The first-order valence-electron chi connectivity index (χ1n) is 11.5. The minimum Gasteiger partial charge on any atom is -0.493 e. The normalized spacial score (nSPS) is 13.3. The summed E-state index contributed by atoms with van der Waals surface area (Å²) in [6, 6.07) is 10.4. The van der Waals surface area contributed by atoms with Crippen molar-refractivity contribution in [3.05, 3.63) is 52.2 Å². The molecule has 0 unspecified atom stereocenters. The zero-order chi connectivity index (χ0) is 23.5. The Hall–Kier alpha value is -3.75.